The molecule has 2 heterocycles. The molecule has 4 nitrogen and oxygen atoms in total. The van der Waals surface area contributed by atoms with Crippen molar-refractivity contribution in [3.8, 4) is 6.07 Å². The van der Waals surface area contributed by atoms with Crippen LogP contribution in [-0.4, -0.2) is 9.55 Å². The molecule has 0 saturated heterocycles. The number of fused-ring (bicyclic) bond motifs is 1. The van der Waals surface area contributed by atoms with Gasteiger partial charge in [0.2, 0.25) is 0 Å². The summed E-state index contributed by atoms with van der Waals surface area (Å²) < 4.78 is 40.3. The van der Waals surface area contributed by atoms with Gasteiger partial charge in [0.25, 0.3) is 5.56 Å². The first-order chi connectivity index (χ1) is 8.77. The lowest BCUT2D eigenvalue weighted by molar-refractivity contribution is -0.136. The van der Waals surface area contributed by atoms with Gasteiger partial charge < -0.3 is 4.57 Å². The molecule has 0 saturated carbocycles. The van der Waals surface area contributed by atoms with Crippen molar-refractivity contribution in [2.75, 3.05) is 0 Å². The molecule has 0 fully saturated rings. The highest BCUT2D eigenvalue weighted by atomic mass is 79.9. The summed E-state index contributed by atoms with van der Waals surface area (Å²) in [7, 11) is 1.29. The van der Waals surface area contributed by atoms with Crippen LogP contribution in [0.2, 0.25) is 0 Å². The van der Waals surface area contributed by atoms with E-state index in [-0.39, 0.29) is 10.1 Å². The zero-order valence-electron chi connectivity index (χ0n) is 9.42. The van der Waals surface area contributed by atoms with Gasteiger partial charge in [-0.05, 0) is 28.1 Å². The molecular weight excluding hydrogens is 327 g/mol. The third-order valence-corrected chi connectivity index (χ3v) is 3.04. The first kappa shape index (κ1) is 13.5. The quantitative estimate of drug-likeness (QED) is 0.697. The van der Waals surface area contributed by atoms with Crippen molar-refractivity contribution in [2.24, 2.45) is 7.05 Å². The molecule has 2 rings (SSSR count). The smallest absolute Gasteiger partial charge is 0.309 e. The number of aryl methyl sites for hydroxylation is 1. The maximum atomic E-state index is 13.1. The van der Waals surface area contributed by atoms with Crippen molar-refractivity contribution < 1.29 is 13.2 Å². The molecule has 0 aliphatic carbocycles. The van der Waals surface area contributed by atoms with E-state index in [1.807, 2.05) is 0 Å². The average Bonchev–Trinajstić information content (AvgIpc) is 2.31. The van der Waals surface area contributed by atoms with Crippen LogP contribution in [0.15, 0.2) is 21.5 Å². The summed E-state index contributed by atoms with van der Waals surface area (Å²) in [4.78, 5) is 15.5. The standard InChI is InChI=1S/C11H5BrF3N3O/c1-18-6-2-3-7(12)17-9(6)8(11(13,14)15)5(4-16)10(18)19/h2-3H,1H3. The Morgan fingerprint density at radius 3 is 2.58 bits per heavy atom. The van der Waals surface area contributed by atoms with Crippen LogP contribution >= 0.6 is 15.9 Å². The van der Waals surface area contributed by atoms with Crippen LogP contribution in [0, 0.1) is 11.3 Å². The lowest BCUT2D eigenvalue weighted by atomic mass is 10.1. The van der Waals surface area contributed by atoms with Gasteiger partial charge in [-0.25, -0.2) is 4.98 Å². The molecule has 8 heteroatoms. The Bertz CT molecular complexity index is 774. The molecule has 98 valence electrons. The van der Waals surface area contributed by atoms with E-state index < -0.39 is 28.4 Å². The summed E-state index contributed by atoms with van der Waals surface area (Å²) in [5.41, 5.74) is -3.66. The van der Waals surface area contributed by atoms with Crippen LogP contribution in [0.1, 0.15) is 11.1 Å². The first-order valence-electron chi connectivity index (χ1n) is 4.94. The van der Waals surface area contributed by atoms with Crippen LogP contribution in [0.4, 0.5) is 13.2 Å². The number of halogens is 4. The summed E-state index contributed by atoms with van der Waals surface area (Å²) >= 11 is 2.97. The highest BCUT2D eigenvalue weighted by molar-refractivity contribution is 9.10. The predicted molar refractivity (Wildman–Crippen MR) is 64.4 cm³/mol. The van der Waals surface area contributed by atoms with Gasteiger partial charge >= 0.3 is 6.18 Å². The van der Waals surface area contributed by atoms with E-state index in [9.17, 15) is 18.0 Å². The third kappa shape index (κ3) is 2.10. The fourth-order valence-electron chi connectivity index (χ4n) is 1.76. The molecule has 2 aromatic rings. The summed E-state index contributed by atoms with van der Waals surface area (Å²) in [6.45, 7) is 0. The SMILES string of the molecule is Cn1c(=O)c(C#N)c(C(F)(F)F)c2nc(Br)ccc21. The van der Waals surface area contributed by atoms with Crippen LogP contribution in [0.25, 0.3) is 11.0 Å². The minimum Gasteiger partial charge on any atom is -0.309 e. The molecular formula is C11H5BrF3N3O. The van der Waals surface area contributed by atoms with Gasteiger partial charge in [0.05, 0.1) is 5.52 Å². The Labute approximate surface area is 113 Å². The average molecular weight is 332 g/mol. The van der Waals surface area contributed by atoms with E-state index in [1.165, 1.54) is 25.2 Å². The van der Waals surface area contributed by atoms with E-state index in [0.717, 1.165) is 4.57 Å². The van der Waals surface area contributed by atoms with Gasteiger partial charge in [-0.15, -0.1) is 0 Å². The van der Waals surface area contributed by atoms with Crippen molar-refractivity contribution >= 4 is 27.0 Å². The second kappa shape index (κ2) is 4.35. The lowest BCUT2D eigenvalue weighted by Crippen LogP contribution is -2.26. The second-order valence-corrected chi connectivity index (χ2v) is 4.54. The van der Waals surface area contributed by atoms with Crippen LogP contribution in [-0.2, 0) is 13.2 Å². The van der Waals surface area contributed by atoms with Gasteiger partial charge in [0.1, 0.15) is 27.3 Å². The molecule has 19 heavy (non-hydrogen) atoms. The van der Waals surface area contributed by atoms with Crippen molar-refractivity contribution in [1.82, 2.24) is 9.55 Å². The number of nitriles is 1. The highest BCUT2D eigenvalue weighted by Gasteiger charge is 2.38. The van der Waals surface area contributed by atoms with Gasteiger partial charge in [0, 0.05) is 7.05 Å². The third-order valence-electron chi connectivity index (χ3n) is 2.60. The number of rotatable bonds is 0. The van der Waals surface area contributed by atoms with Crippen molar-refractivity contribution in [3.63, 3.8) is 0 Å². The molecule has 0 spiro atoms. The monoisotopic (exact) mass is 331 g/mol. The number of nitrogens with zero attached hydrogens (tertiary/aromatic N) is 3. The van der Waals surface area contributed by atoms with E-state index in [1.54, 1.807) is 0 Å². The molecule has 0 atom stereocenters. The molecule has 2 aromatic heterocycles. The lowest BCUT2D eigenvalue weighted by Gasteiger charge is -2.13. The van der Waals surface area contributed by atoms with Crippen molar-refractivity contribution in [2.45, 2.75) is 6.18 Å². The topological polar surface area (TPSA) is 58.7 Å². The maximum absolute atomic E-state index is 13.1. The van der Waals surface area contributed by atoms with Crippen molar-refractivity contribution in [3.05, 3.63) is 38.2 Å². The Morgan fingerprint density at radius 2 is 2.05 bits per heavy atom. The molecule has 0 aliphatic heterocycles. The van der Waals surface area contributed by atoms with Gasteiger partial charge in [0.15, 0.2) is 0 Å². The number of hydrogen-bond acceptors (Lipinski definition) is 3. The molecule has 0 radical (unpaired) electrons. The zero-order valence-corrected chi connectivity index (χ0v) is 11.0. The predicted octanol–water partition coefficient (Wildman–Crippen LogP) is 2.59. The minimum absolute atomic E-state index is 0.0134. The van der Waals surface area contributed by atoms with E-state index in [0.29, 0.717) is 0 Å². The summed E-state index contributed by atoms with van der Waals surface area (Å²) in [5.74, 6) is 0. The molecule has 0 N–H and O–H groups in total. The number of hydrogen-bond donors (Lipinski definition) is 0. The second-order valence-electron chi connectivity index (χ2n) is 3.73. The largest absolute Gasteiger partial charge is 0.420 e. The fourth-order valence-corrected chi connectivity index (χ4v) is 2.07. The minimum atomic E-state index is -4.83. The van der Waals surface area contributed by atoms with E-state index in [4.69, 9.17) is 5.26 Å². The van der Waals surface area contributed by atoms with Gasteiger partial charge in [-0.3, -0.25) is 4.79 Å². The van der Waals surface area contributed by atoms with Gasteiger partial charge in [-0.2, -0.15) is 18.4 Å². The van der Waals surface area contributed by atoms with Crippen LogP contribution in [0.5, 0.6) is 0 Å². The number of pyridine rings is 2. The van der Waals surface area contributed by atoms with E-state index in [2.05, 4.69) is 20.9 Å². The number of alkyl halides is 3. The Morgan fingerprint density at radius 1 is 1.42 bits per heavy atom. The Kier molecular flexibility index (Phi) is 3.10. The van der Waals surface area contributed by atoms with Gasteiger partial charge in [-0.1, -0.05) is 0 Å². The summed E-state index contributed by atoms with van der Waals surface area (Å²) in [5, 5.41) is 8.81. The zero-order chi connectivity index (χ0) is 14.4. The normalized spacial score (nSPS) is 11.6. The molecule has 0 unspecified atom stereocenters. The Hall–Kier alpha value is -1.88. The summed E-state index contributed by atoms with van der Waals surface area (Å²) in [6.07, 6.45) is -4.83. The highest BCUT2D eigenvalue weighted by Crippen LogP contribution is 2.35. The fraction of sp³-hybridized carbons (Fsp3) is 0.182. The van der Waals surface area contributed by atoms with Crippen LogP contribution < -0.4 is 5.56 Å². The number of aromatic nitrogens is 2. The molecule has 0 aromatic carbocycles. The van der Waals surface area contributed by atoms with E-state index >= 15 is 0 Å². The Balaban J connectivity index is 3.15. The van der Waals surface area contributed by atoms with Crippen molar-refractivity contribution in [1.29, 1.82) is 5.26 Å². The van der Waals surface area contributed by atoms with Crippen LogP contribution in [0.3, 0.4) is 0 Å². The molecule has 0 aliphatic rings. The summed E-state index contributed by atoms with van der Waals surface area (Å²) in [6, 6.07) is 4.08. The first-order valence-corrected chi connectivity index (χ1v) is 5.73. The maximum Gasteiger partial charge on any atom is 0.420 e. The molecule has 0 amide bonds. The molecule has 0 bridgehead atoms.